The van der Waals surface area contributed by atoms with E-state index in [4.69, 9.17) is 0 Å². The Labute approximate surface area is 90.5 Å². The minimum absolute atomic E-state index is 0.254. The highest BCUT2D eigenvalue weighted by atomic mass is 16.1. The summed E-state index contributed by atoms with van der Waals surface area (Å²) in [6.07, 6.45) is 4.39. The standard InChI is InChI=1S/C12H18N2O/c1-3-14-11(8-9(2)13-14)12(15)7-6-10-4-5-10/h8,10H,3-7H2,1-2H3. The Morgan fingerprint density at radius 3 is 2.93 bits per heavy atom. The van der Waals surface area contributed by atoms with E-state index < -0.39 is 0 Å². The van der Waals surface area contributed by atoms with Gasteiger partial charge in [-0.25, -0.2) is 0 Å². The zero-order valence-corrected chi connectivity index (χ0v) is 9.49. The van der Waals surface area contributed by atoms with Crippen molar-refractivity contribution < 1.29 is 4.79 Å². The third kappa shape index (κ3) is 2.46. The molecule has 15 heavy (non-hydrogen) atoms. The van der Waals surface area contributed by atoms with Crippen LogP contribution >= 0.6 is 0 Å². The summed E-state index contributed by atoms with van der Waals surface area (Å²) < 4.78 is 1.81. The van der Waals surface area contributed by atoms with Crippen LogP contribution in [0.15, 0.2) is 6.07 Å². The van der Waals surface area contributed by atoms with Gasteiger partial charge in [0.2, 0.25) is 0 Å². The van der Waals surface area contributed by atoms with E-state index in [1.54, 1.807) is 0 Å². The van der Waals surface area contributed by atoms with E-state index in [0.29, 0.717) is 6.42 Å². The number of aryl methyl sites for hydroxylation is 2. The molecule has 0 atom stereocenters. The van der Waals surface area contributed by atoms with Gasteiger partial charge in [0.15, 0.2) is 5.78 Å². The molecule has 1 saturated carbocycles. The summed E-state index contributed by atoms with van der Waals surface area (Å²) in [6.45, 7) is 4.73. The average Bonchev–Trinajstić information content (AvgIpc) is 2.97. The van der Waals surface area contributed by atoms with E-state index in [-0.39, 0.29) is 5.78 Å². The molecule has 0 radical (unpaired) electrons. The molecule has 0 bridgehead atoms. The summed E-state index contributed by atoms with van der Waals surface area (Å²) in [5.41, 5.74) is 1.72. The third-order valence-corrected chi connectivity index (χ3v) is 2.96. The first-order valence-corrected chi connectivity index (χ1v) is 5.78. The van der Waals surface area contributed by atoms with Crippen molar-refractivity contribution in [2.24, 2.45) is 5.92 Å². The second-order valence-corrected chi connectivity index (χ2v) is 4.39. The summed E-state index contributed by atoms with van der Waals surface area (Å²) in [4.78, 5) is 11.9. The van der Waals surface area contributed by atoms with Crippen molar-refractivity contribution in [2.75, 3.05) is 0 Å². The molecule has 0 aliphatic heterocycles. The Morgan fingerprint density at radius 1 is 1.60 bits per heavy atom. The van der Waals surface area contributed by atoms with Gasteiger partial charge in [-0.3, -0.25) is 9.48 Å². The van der Waals surface area contributed by atoms with E-state index in [9.17, 15) is 4.79 Å². The molecule has 1 heterocycles. The normalized spacial score (nSPS) is 15.6. The zero-order valence-electron chi connectivity index (χ0n) is 9.49. The van der Waals surface area contributed by atoms with Gasteiger partial charge in [-0.05, 0) is 32.3 Å². The number of nitrogens with zero attached hydrogens (tertiary/aromatic N) is 2. The second-order valence-electron chi connectivity index (χ2n) is 4.39. The topological polar surface area (TPSA) is 34.9 Å². The number of aromatic nitrogens is 2. The predicted octanol–water partition coefficient (Wildman–Crippen LogP) is 2.58. The quantitative estimate of drug-likeness (QED) is 0.694. The van der Waals surface area contributed by atoms with Crippen molar-refractivity contribution in [3.63, 3.8) is 0 Å². The number of rotatable bonds is 5. The van der Waals surface area contributed by atoms with Gasteiger partial charge < -0.3 is 0 Å². The minimum Gasteiger partial charge on any atom is -0.292 e. The van der Waals surface area contributed by atoms with Crippen molar-refractivity contribution in [1.82, 2.24) is 9.78 Å². The van der Waals surface area contributed by atoms with Crippen molar-refractivity contribution in [3.8, 4) is 0 Å². The fraction of sp³-hybridized carbons (Fsp3) is 0.667. The van der Waals surface area contributed by atoms with Crippen LogP contribution in [0.4, 0.5) is 0 Å². The molecule has 1 aromatic rings. The highest BCUT2D eigenvalue weighted by Gasteiger charge is 2.23. The van der Waals surface area contributed by atoms with Crippen LogP contribution in [0, 0.1) is 12.8 Å². The van der Waals surface area contributed by atoms with E-state index >= 15 is 0 Å². The van der Waals surface area contributed by atoms with Gasteiger partial charge in [-0.1, -0.05) is 12.8 Å². The third-order valence-electron chi connectivity index (χ3n) is 2.96. The van der Waals surface area contributed by atoms with Crippen LogP contribution in [0.25, 0.3) is 0 Å². The maximum absolute atomic E-state index is 11.9. The van der Waals surface area contributed by atoms with Crippen molar-refractivity contribution in [3.05, 3.63) is 17.5 Å². The lowest BCUT2D eigenvalue weighted by Crippen LogP contribution is -2.09. The van der Waals surface area contributed by atoms with Crippen LogP contribution in [0.3, 0.4) is 0 Å². The molecule has 3 heteroatoms. The molecular weight excluding hydrogens is 188 g/mol. The molecule has 1 fully saturated rings. The molecule has 3 nitrogen and oxygen atoms in total. The van der Waals surface area contributed by atoms with Crippen LogP contribution in [0.2, 0.25) is 0 Å². The molecule has 0 spiro atoms. The lowest BCUT2D eigenvalue weighted by Gasteiger charge is -2.02. The van der Waals surface area contributed by atoms with Gasteiger partial charge in [-0.15, -0.1) is 0 Å². The summed E-state index contributed by atoms with van der Waals surface area (Å²) in [5, 5.41) is 4.29. The van der Waals surface area contributed by atoms with Crippen LogP contribution in [0.5, 0.6) is 0 Å². The Morgan fingerprint density at radius 2 is 2.33 bits per heavy atom. The lowest BCUT2D eigenvalue weighted by atomic mass is 10.1. The van der Waals surface area contributed by atoms with E-state index in [2.05, 4.69) is 5.10 Å². The van der Waals surface area contributed by atoms with Crippen LogP contribution in [-0.2, 0) is 6.54 Å². The Hall–Kier alpha value is -1.12. The van der Waals surface area contributed by atoms with Gasteiger partial charge in [-0.2, -0.15) is 5.10 Å². The predicted molar refractivity (Wildman–Crippen MR) is 58.9 cm³/mol. The second kappa shape index (κ2) is 4.17. The monoisotopic (exact) mass is 206 g/mol. The Kier molecular flexibility index (Phi) is 2.89. The lowest BCUT2D eigenvalue weighted by molar-refractivity contribution is 0.0967. The molecule has 1 aliphatic carbocycles. The van der Waals surface area contributed by atoms with Crippen molar-refractivity contribution in [1.29, 1.82) is 0 Å². The summed E-state index contributed by atoms with van der Waals surface area (Å²) in [6, 6.07) is 1.90. The van der Waals surface area contributed by atoms with Crippen LogP contribution < -0.4 is 0 Å². The first-order valence-electron chi connectivity index (χ1n) is 5.78. The van der Waals surface area contributed by atoms with E-state index in [1.807, 2.05) is 24.6 Å². The molecule has 0 amide bonds. The SMILES string of the molecule is CCn1nc(C)cc1C(=O)CCC1CC1. The van der Waals surface area contributed by atoms with Crippen LogP contribution in [-0.4, -0.2) is 15.6 Å². The number of ketones is 1. The first-order chi connectivity index (χ1) is 7.20. The van der Waals surface area contributed by atoms with Gasteiger partial charge in [0, 0.05) is 13.0 Å². The van der Waals surface area contributed by atoms with Crippen molar-refractivity contribution >= 4 is 5.78 Å². The maximum atomic E-state index is 11.9. The van der Waals surface area contributed by atoms with E-state index in [1.165, 1.54) is 12.8 Å². The molecule has 0 unspecified atom stereocenters. The highest BCUT2D eigenvalue weighted by Crippen LogP contribution is 2.33. The molecular formula is C12H18N2O. The number of carbonyl (C=O) groups is 1. The summed E-state index contributed by atoms with van der Waals surface area (Å²) >= 11 is 0. The number of carbonyl (C=O) groups excluding carboxylic acids is 1. The highest BCUT2D eigenvalue weighted by molar-refractivity contribution is 5.94. The first kappa shape index (κ1) is 10.4. The fourth-order valence-corrected chi connectivity index (χ4v) is 1.88. The molecule has 1 aliphatic rings. The minimum atomic E-state index is 0.254. The Bertz CT molecular complexity index is 364. The van der Waals surface area contributed by atoms with Gasteiger partial charge in [0.05, 0.1) is 5.69 Å². The largest absolute Gasteiger partial charge is 0.292 e. The number of hydrogen-bond acceptors (Lipinski definition) is 2. The van der Waals surface area contributed by atoms with Crippen LogP contribution in [0.1, 0.15) is 48.8 Å². The molecule has 0 saturated heterocycles. The van der Waals surface area contributed by atoms with Crippen molar-refractivity contribution in [2.45, 2.75) is 46.1 Å². The molecule has 2 rings (SSSR count). The molecule has 82 valence electrons. The van der Waals surface area contributed by atoms with Gasteiger partial charge in [0.1, 0.15) is 5.69 Å². The maximum Gasteiger partial charge on any atom is 0.180 e. The average molecular weight is 206 g/mol. The number of Topliss-reactive ketones (excluding diaryl/α,β-unsaturated/α-hetero) is 1. The molecule has 0 aromatic carbocycles. The number of hydrogen-bond donors (Lipinski definition) is 0. The van der Waals surface area contributed by atoms with E-state index in [0.717, 1.165) is 30.3 Å². The zero-order chi connectivity index (χ0) is 10.8. The molecule has 0 N–H and O–H groups in total. The van der Waals surface area contributed by atoms with Gasteiger partial charge >= 0.3 is 0 Å². The Balaban J connectivity index is 2.02. The summed E-state index contributed by atoms with van der Waals surface area (Å²) in [7, 11) is 0. The molecule has 1 aromatic heterocycles. The smallest absolute Gasteiger partial charge is 0.180 e. The van der Waals surface area contributed by atoms with Gasteiger partial charge in [0.25, 0.3) is 0 Å². The summed E-state index contributed by atoms with van der Waals surface area (Å²) in [5.74, 6) is 1.08. The fourth-order valence-electron chi connectivity index (χ4n) is 1.88.